The van der Waals surface area contributed by atoms with Crippen LogP contribution in [0, 0.1) is 0 Å². The molecule has 76 heavy (non-hydrogen) atoms. The Bertz CT molecular complexity index is 1380. The lowest BCUT2D eigenvalue weighted by atomic mass is 10.0. The number of phosphoric ester groups is 1. The zero-order chi connectivity index (χ0) is 55.6. The topological polar surface area (TPSA) is 105 Å². The number of likely N-dealkylation sites (N-methyl/N-ethyl adjacent to an activating group) is 1. The van der Waals surface area contributed by atoms with Crippen molar-refractivity contribution in [1.29, 1.82) is 0 Å². The third-order valence-electron chi connectivity index (χ3n) is 15.0. The number of aliphatic hydroxyl groups excluding tert-OH is 1. The minimum absolute atomic E-state index is 0.0540. The summed E-state index contributed by atoms with van der Waals surface area (Å²) in [5.74, 6) is -0.186. The van der Waals surface area contributed by atoms with Crippen LogP contribution >= 0.6 is 7.82 Å². The Morgan fingerprint density at radius 3 is 1.05 bits per heavy atom. The molecule has 3 N–H and O–H groups in total. The van der Waals surface area contributed by atoms with Gasteiger partial charge in [-0.1, -0.05) is 294 Å². The van der Waals surface area contributed by atoms with Crippen molar-refractivity contribution < 1.29 is 32.9 Å². The molecule has 3 atom stereocenters. The standard InChI is InChI=1S/C67H129N2O6P/c1-6-8-10-12-14-16-18-20-22-24-26-28-30-31-32-33-34-35-36-37-38-39-41-43-45-47-49-51-53-55-57-59-61-67(71)68-65(64-75-76(72,73)74-63-62-69(3,4)5)66(70)60-58-56-54-52-50-48-46-44-42-40-29-27-25-23-21-19-17-15-13-11-9-7-2/h31-32,42,44,50,52,58,60,65-66,70H,6-30,33-41,43,45-49,51,53-57,59,61-64H2,1-5H3,(H-,68,71,72,73)/p+1/b32-31-,44-42+,52-50+,60-58+. The van der Waals surface area contributed by atoms with E-state index in [-0.39, 0.29) is 19.1 Å². The number of aliphatic hydroxyl groups is 1. The van der Waals surface area contributed by atoms with Gasteiger partial charge in [-0.05, 0) is 70.6 Å². The molecule has 0 heterocycles. The molecule has 0 saturated heterocycles. The van der Waals surface area contributed by atoms with Crippen LogP contribution in [-0.4, -0.2) is 73.4 Å². The summed E-state index contributed by atoms with van der Waals surface area (Å²) in [6, 6.07) is -0.871. The van der Waals surface area contributed by atoms with Gasteiger partial charge in [0.1, 0.15) is 13.2 Å². The Kier molecular flexibility index (Phi) is 56.9. The molecule has 0 aliphatic heterocycles. The fourth-order valence-corrected chi connectivity index (χ4v) is 10.6. The van der Waals surface area contributed by atoms with Crippen molar-refractivity contribution in [3.8, 4) is 0 Å². The molecule has 0 aliphatic carbocycles. The molecular weight excluding hydrogens is 960 g/mol. The molecule has 3 unspecified atom stereocenters. The number of rotatable bonds is 61. The SMILES string of the molecule is CCCCCCCCCCCCCC/C=C\CCCCCCCCCCCCCCCCCCC(=O)NC(COP(=O)(O)OCC[N+](C)(C)C)C(O)/C=C/CC/C=C/CC/C=C/CCCCCCCCCCCCCC. The number of carbonyl (C=O) groups excluding carboxylic acids is 1. The van der Waals surface area contributed by atoms with Crippen LogP contribution in [0.15, 0.2) is 48.6 Å². The molecule has 0 aliphatic rings. The van der Waals surface area contributed by atoms with E-state index in [1.54, 1.807) is 6.08 Å². The molecule has 0 aromatic carbocycles. The van der Waals surface area contributed by atoms with Crippen molar-refractivity contribution >= 4 is 13.7 Å². The summed E-state index contributed by atoms with van der Waals surface area (Å²) >= 11 is 0. The molecule has 0 rings (SSSR count). The Morgan fingerprint density at radius 2 is 0.724 bits per heavy atom. The summed E-state index contributed by atoms with van der Waals surface area (Å²) in [7, 11) is 1.56. The largest absolute Gasteiger partial charge is 0.472 e. The van der Waals surface area contributed by atoms with Gasteiger partial charge in [-0.2, -0.15) is 0 Å². The third-order valence-corrected chi connectivity index (χ3v) is 16.0. The highest BCUT2D eigenvalue weighted by Gasteiger charge is 2.28. The highest BCUT2D eigenvalue weighted by molar-refractivity contribution is 7.47. The summed E-state index contributed by atoms with van der Waals surface area (Å²) in [5, 5.41) is 14.0. The van der Waals surface area contributed by atoms with Gasteiger partial charge in [0.25, 0.3) is 0 Å². The molecule has 0 bridgehead atoms. The van der Waals surface area contributed by atoms with Crippen LogP contribution in [0.5, 0.6) is 0 Å². The average molecular weight is 1090 g/mol. The first-order valence-electron chi connectivity index (χ1n) is 33.0. The highest BCUT2D eigenvalue weighted by atomic mass is 31.2. The number of amides is 1. The summed E-state index contributed by atoms with van der Waals surface area (Å²) in [4.78, 5) is 23.4. The Labute approximate surface area is 473 Å². The number of unbranched alkanes of at least 4 members (excludes halogenated alkanes) is 42. The van der Waals surface area contributed by atoms with Gasteiger partial charge in [0, 0.05) is 6.42 Å². The van der Waals surface area contributed by atoms with Crippen molar-refractivity contribution in [3.63, 3.8) is 0 Å². The number of quaternary nitrogens is 1. The summed E-state index contributed by atoms with van der Waals surface area (Å²) < 4.78 is 23.7. The molecule has 8 nitrogen and oxygen atoms in total. The lowest BCUT2D eigenvalue weighted by Gasteiger charge is -2.25. The van der Waals surface area contributed by atoms with Gasteiger partial charge >= 0.3 is 7.82 Å². The molecule has 0 radical (unpaired) electrons. The van der Waals surface area contributed by atoms with Gasteiger partial charge < -0.3 is 19.8 Å². The minimum Gasteiger partial charge on any atom is -0.387 e. The number of hydrogen-bond donors (Lipinski definition) is 3. The average Bonchev–Trinajstić information content (AvgIpc) is 3.38. The first-order valence-corrected chi connectivity index (χ1v) is 34.5. The lowest BCUT2D eigenvalue weighted by molar-refractivity contribution is -0.870. The predicted octanol–water partition coefficient (Wildman–Crippen LogP) is 20.7. The maximum atomic E-state index is 13.0. The number of hydrogen-bond acceptors (Lipinski definition) is 5. The molecular formula is C67H130N2O6P+. The van der Waals surface area contributed by atoms with Gasteiger partial charge in [-0.3, -0.25) is 13.8 Å². The molecule has 9 heteroatoms. The van der Waals surface area contributed by atoms with E-state index >= 15 is 0 Å². The van der Waals surface area contributed by atoms with E-state index in [0.717, 1.165) is 44.9 Å². The van der Waals surface area contributed by atoms with Crippen LogP contribution in [0.3, 0.4) is 0 Å². The van der Waals surface area contributed by atoms with Crippen LogP contribution in [-0.2, 0) is 18.4 Å². The van der Waals surface area contributed by atoms with E-state index in [1.807, 2.05) is 27.2 Å². The number of nitrogens with one attached hydrogen (secondary N) is 1. The summed E-state index contributed by atoms with van der Waals surface area (Å²) in [6.07, 6.45) is 78.2. The first kappa shape index (κ1) is 74.5. The quantitative estimate of drug-likeness (QED) is 0.0243. The Hall–Kier alpha value is -1.54. The van der Waals surface area contributed by atoms with Crippen molar-refractivity contribution in [1.82, 2.24) is 5.32 Å². The van der Waals surface area contributed by atoms with E-state index in [0.29, 0.717) is 17.4 Å². The fourth-order valence-electron chi connectivity index (χ4n) is 9.84. The highest BCUT2D eigenvalue weighted by Crippen LogP contribution is 2.43. The molecule has 0 fully saturated rings. The maximum absolute atomic E-state index is 13.0. The second-order valence-corrected chi connectivity index (χ2v) is 25.3. The van der Waals surface area contributed by atoms with Crippen LogP contribution in [0.2, 0.25) is 0 Å². The van der Waals surface area contributed by atoms with Crippen molar-refractivity contribution in [2.24, 2.45) is 0 Å². The van der Waals surface area contributed by atoms with Crippen LogP contribution in [0.4, 0.5) is 0 Å². The first-order chi connectivity index (χ1) is 37.0. The summed E-state index contributed by atoms with van der Waals surface area (Å²) in [5.41, 5.74) is 0. The van der Waals surface area contributed by atoms with Gasteiger partial charge in [0.15, 0.2) is 0 Å². The molecule has 1 amide bonds. The number of nitrogens with zero attached hydrogens (tertiary/aromatic N) is 1. The van der Waals surface area contributed by atoms with Crippen LogP contribution in [0.1, 0.15) is 322 Å². The molecule has 0 aromatic rings. The number of carbonyl (C=O) groups is 1. The monoisotopic (exact) mass is 1090 g/mol. The molecule has 0 spiro atoms. The van der Waals surface area contributed by atoms with Crippen LogP contribution < -0.4 is 5.32 Å². The number of phosphoric acid groups is 1. The van der Waals surface area contributed by atoms with Gasteiger partial charge in [0.2, 0.25) is 5.91 Å². The third kappa shape index (κ3) is 60.1. The van der Waals surface area contributed by atoms with Gasteiger partial charge in [0.05, 0.1) is 39.9 Å². The lowest BCUT2D eigenvalue weighted by Crippen LogP contribution is -2.45. The van der Waals surface area contributed by atoms with E-state index in [4.69, 9.17) is 9.05 Å². The van der Waals surface area contributed by atoms with Crippen molar-refractivity contribution in [2.75, 3.05) is 40.9 Å². The van der Waals surface area contributed by atoms with Crippen LogP contribution in [0.25, 0.3) is 0 Å². The molecule has 448 valence electrons. The normalized spacial score (nSPS) is 14.0. The molecule has 0 aromatic heterocycles. The van der Waals surface area contributed by atoms with E-state index in [2.05, 4.69) is 55.6 Å². The molecule has 0 saturated carbocycles. The van der Waals surface area contributed by atoms with E-state index < -0.39 is 20.0 Å². The maximum Gasteiger partial charge on any atom is 0.472 e. The zero-order valence-corrected chi connectivity index (χ0v) is 52.2. The fraction of sp³-hybridized carbons (Fsp3) is 0.866. The Balaban J connectivity index is 4.11. The van der Waals surface area contributed by atoms with Crippen molar-refractivity contribution in [3.05, 3.63) is 48.6 Å². The second kappa shape index (κ2) is 58.1. The number of allylic oxidation sites excluding steroid dienone is 7. The van der Waals surface area contributed by atoms with E-state index in [1.165, 1.54) is 257 Å². The van der Waals surface area contributed by atoms with Crippen molar-refractivity contribution in [2.45, 2.75) is 334 Å². The van der Waals surface area contributed by atoms with Gasteiger partial charge in [-0.15, -0.1) is 0 Å². The minimum atomic E-state index is -4.36. The Morgan fingerprint density at radius 1 is 0.434 bits per heavy atom. The van der Waals surface area contributed by atoms with E-state index in [9.17, 15) is 19.4 Å². The van der Waals surface area contributed by atoms with Gasteiger partial charge in [-0.25, -0.2) is 4.57 Å². The zero-order valence-electron chi connectivity index (χ0n) is 51.3. The summed E-state index contributed by atoms with van der Waals surface area (Å²) in [6.45, 7) is 4.83. The smallest absolute Gasteiger partial charge is 0.387 e. The second-order valence-electron chi connectivity index (χ2n) is 23.8. The predicted molar refractivity (Wildman–Crippen MR) is 332 cm³/mol.